The van der Waals surface area contributed by atoms with Crippen molar-refractivity contribution in [3.63, 3.8) is 0 Å². The van der Waals surface area contributed by atoms with Gasteiger partial charge in [-0.1, -0.05) is 24.3 Å². The second-order valence-electron chi connectivity index (χ2n) is 7.23. The minimum atomic E-state index is -0.115. The number of carbonyl (C=O) groups is 2. The smallest absolute Gasteiger partial charge is 0.240 e. The first-order chi connectivity index (χ1) is 14.0. The van der Waals surface area contributed by atoms with Crippen LogP contribution >= 0.6 is 0 Å². The van der Waals surface area contributed by atoms with Crippen LogP contribution in [-0.2, 0) is 17.9 Å². The van der Waals surface area contributed by atoms with Gasteiger partial charge < -0.3 is 19.4 Å². The van der Waals surface area contributed by atoms with Gasteiger partial charge in [0.2, 0.25) is 5.91 Å². The van der Waals surface area contributed by atoms with Gasteiger partial charge in [-0.2, -0.15) is 0 Å². The third kappa shape index (κ3) is 3.83. The average molecular weight is 392 g/mol. The number of fused-ring (bicyclic) bond motifs is 2. The number of carbonyl (C=O) groups excluding carboxylic acids is 2. The van der Waals surface area contributed by atoms with E-state index in [0.717, 1.165) is 34.3 Å². The van der Waals surface area contributed by atoms with Crippen molar-refractivity contribution in [2.75, 3.05) is 13.2 Å². The van der Waals surface area contributed by atoms with E-state index >= 15 is 0 Å². The van der Waals surface area contributed by atoms with Gasteiger partial charge in [0.15, 0.2) is 17.3 Å². The van der Waals surface area contributed by atoms with E-state index in [0.29, 0.717) is 31.1 Å². The summed E-state index contributed by atoms with van der Waals surface area (Å²) in [6.07, 6.45) is 0.854. The number of amides is 1. The number of aromatic nitrogens is 1. The normalized spacial score (nSPS) is 13.2. The molecule has 4 rings (SSSR count). The van der Waals surface area contributed by atoms with Crippen molar-refractivity contribution in [1.29, 1.82) is 0 Å². The van der Waals surface area contributed by atoms with Crippen molar-refractivity contribution < 1.29 is 19.1 Å². The Morgan fingerprint density at radius 2 is 1.83 bits per heavy atom. The molecular formula is C23H24N2O4. The molecule has 0 atom stereocenters. The van der Waals surface area contributed by atoms with Crippen LogP contribution in [0.4, 0.5) is 0 Å². The minimum Gasteiger partial charge on any atom is -0.490 e. The minimum absolute atomic E-state index is 0.00468. The Labute approximate surface area is 169 Å². The molecule has 1 aliphatic heterocycles. The lowest BCUT2D eigenvalue weighted by Crippen LogP contribution is -2.27. The number of hydrogen-bond acceptors (Lipinski definition) is 4. The molecule has 1 aromatic heterocycles. The van der Waals surface area contributed by atoms with Gasteiger partial charge in [0, 0.05) is 35.1 Å². The molecule has 1 N–H and O–H groups in total. The lowest BCUT2D eigenvalue weighted by molar-refractivity contribution is -0.121. The van der Waals surface area contributed by atoms with Crippen molar-refractivity contribution in [2.45, 2.75) is 33.4 Å². The molecule has 0 spiro atoms. The number of Topliss-reactive ketones (excluding diaryl/α,β-unsaturated/α-hetero) is 1. The van der Waals surface area contributed by atoms with Crippen LogP contribution in [0.25, 0.3) is 10.9 Å². The van der Waals surface area contributed by atoms with Gasteiger partial charge in [0.1, 0.15) is 6.54 Å². The molecule has 0 radical (unpaired) electrons. The standard InChI is InChI=1S/C23H24N2O4/c1-15-23(16(2)26)18-6-3-4-7-19(18)25(15)14-22(27)24-13-17-8-9-20-21(12-17)29-11-5-10-28-20/h3-4,6-9,12H,5,10-11,13-14H2,1-2H3,(H,24,27). The summed E-state index contributed by atoms with van der Waals surface area (Å²) >= 11 is 0. The Morgan fingerprint density at radius 3 is 2.62 bits per heavy atom. The topological polar surface area (TPSA) is 69.6 Å². The quantitative estimate of drug-likeness (QED) is 0.673. The maximum absolute atomic E-state index is 12.6. The third-order valence-electron chi connectivity index (χ3n) is 5.19. The molecule has 150 valence electrons. The molecule has 29 heavy (non-hydrogen) atoms. The number of nitrogens with zero attached hydrogens (tertiary/aromatic N) is 1. The molecule has 0 aliphatic carbocycles. The monoisotopic (exact) mass is 392 g/mol. The van der Waals surface area contributed by atoms with Crippen molar-refractivity contribution >= 4 is 22.6 Å². The molecule has 2 aromatic carbocycles. The van der Waals surface area contributed by atoms with Gasteiger partial charge in [-0.15, -0.1) is 0 Å². The first-order valence-corrected chi connectivity index (χ1v) is 9.78. The Hall–Kier alpha value is -3.28. The van der Waals surface area contributed by atoms with Gasteiger partial charge in [0.05, 0.1) is 13.2 Å². The number of rotatable bonds is 5. The van der Waals surface area contributed by atoms with Crippen LogP contribution in [0.2, 0.25) is 0 Å². The fourth-order valence-electron chi connectivity index (χ4n) is 3.80. The number of ether oxygens (including phenoxy) is 2. The number of ketones is 1. The molecule has 1 amide bonds. The van der Waals surface area contributed by atoms with E-state index < -0.39 is 0 Å². The Kier molecular flexibility index (Phi) is 5.25. The molecular weight excluding hydrogens is 368 g/mol. The summed E-state index contributed by atoms with van der Waals surface area (Å²) in [7, 11) is 0. The van der Waals surface area contributed by atoms with Gasteiger partial charge in [-0.25, -0.2) is 0 Å². The zero-order valence-corrected chi connectivity index (χ0v) is 16.7. The molecule has 3 aromatic rings. The molecule has 0 bridgehead atoms. The predicted molar refractivity (Wildman–Crippen MR) is 111 cm³/mol. The summed E-state index contributed by atoms with van der Waals surface area (Å²) < 4.78 is 13.2. The molecule has 6 nitrogen and oxygen atoms in total. The van der Waals surface area contributed by atoms with E-state index in [1.807, 2.05) is 54.0 Å². The Morgan fingerprint density at radius 1 is 1.07 bits per heavy atom. The molecule has 2 heterocycles. The van der Waals surface area contributed by atoms with Crippen LogP contribution in [0, 0.1) is 6.92 Å². The van der Waals surface area contributed by atoms with Crippen LogP contribution in [0.3, 0.4) is 0 Å². The maximum atomic E-state index is 12.6. The Balaban J connectivity index is 1.49. The first kappa shape index (κ1) is 19.1. The second-order valence-corrected chi connectivity index (χ2v) is 7.23. The lowest BCUT2D eigenvalue weighted by Gasteiger charge is -2.12. The molecule has 1 aliphatic rings. The van der Waals surface area contributed by atoms with Crippen LogP contribution < -0.4 is 14.8 Å². The van der Waals surface area contributed by atoms with Crippen LogP contribution in [-0.4, -0.2) is 29.5 Å². The van der Waals surface area contributed by atoms with E-state index in [1.54, 1.807) is 6.92 Å². The van der Waals surface area contributed by atoms with Crippen LogP contribution in [0.5, 0.6) is 11.5 Å². The van der Waals surface area contributed by atoms with Gasteiger partial charge >= 0.3 is 0 Å². The van der Waals surface area contributed by atoms with Crippen molar-refractivity contribution in [3.8, 4) is 11.5 Å². The lowest BCUT2D eigenvalue weighted by atomic mass is 10.1. The number of para-hydroxylation sites is 1. The summed E-state index contributed by atoms with van der Waals surface area (Å²) in [5.41, 5.74) is 3.32. The molecule has 0 unspecified atom stereocenters. The number of nitrogens with one attached hydrogen (secondary N) is 1. The van der Waals surface area contributed by atoms with E-state index in [2.05, 4.69) is 5.32 Å². The fraction of sp³-hybridized carbons (Fsp3) is 0.304. The largest absolute Gasteiger partial charge is 0.490 e. The Bertz CT molecular complexity index is 1080. The highest BCUT2D eigenvalue weighted by molar-refractivity contribution is 6.08. The highest BCUT2D eigenvalue weighted by atomic mass is 16.5. The molecule has 0 fully saturated rings. The van der Waals surface area contributed by atoms with Crippen molar-refractivity contribution in [2.24, 2.45) is 0 Å². The van der Waals surface area contributed by atoms with E-state index in [9.17, 15) is 9.59 Å². The summed E-state index contributed by atoms with van der Waals surface area (Å²) in [5, 5.41) is 3.84. The second kappa shape index (κ2) is 7.99. The van der Waals surface area contributed by atoms with E-state index in [1.165, 1.54) is 0 Å². The highest BCUT2D eigenvalue weighted by Crippen LogP contribution is 2.30. The average Bonchev–Trinajstić information content (AvgIpc) is 2.85. The third-order valence-corrected chi connectivity index (χ3v) is 5.19. The summed E-state index contributed by atoms with van der Waals surface area (Å²) in [6.45, 7) is 5.27. The van der Waals surface area contributed by atoms with Gasteiger partial charge in [-0.3, -0.25) is 9.59 Å². The summed E-state index contributed by atoms with van der Waals surface area (Å²) in [5.74, 6) is 1.34. The first-order valence-electron chi connectivity index (χ1n) is 9.78. The summed E-state index contributed by atoms with van der Waals surface area (Å²) in [6, 6.07) is 13.4. The maximum Gasteiger partial charge on any atom is 0.240 e. The van der Waals surface area contributed by atoms with Crippen molar-refractivity contribution in [1.82, 2.24) is 9.88 Å². The summed E-state index contributed by atoms with van der Waals surface area (Å²) in [4.78, 5) is 24.7. The van der Waals surface area contributed by atoms with E-state index in [4.69, 9.17) is 9.47 Å². The highest BCUT2D eigenvalue weighted by Gasteiger charge is 2.18. The van der Waals surface area contributed by atoms with Crippen molar-refractivity contribution in [3.05, 3.63) is 59.3 Å². The molecule has 6 heteroatoms. The zero-order valence-electron chi connectivity index (χ0n) is 16.7. The predicted octanol–water partition coefficient (Wildman–Crippen LogP) is 3.63. The van der Waals surface area contributed by atoms with Gasteiger partial charge in [-0.05, 0) is 37.6 Å². The molecule has 0 saturated heterocycles. The zero-order chi connectivity index (χ0) is 20.4. The SMILES string of the molecule is CC(=O)c1c(C)n(CC(=O)NCc2ccc3c(c2)OCCCO3)c2ccccc12. The van der Waals surface area contributed by atoms with E-state index in [-0.39, 0.29) is 18.2 Å². The van der Waals surface area contributed by atoms with Crippen LogP contribution in [0.15, 0.2) is 42.5 Å². The number of hydrogen-bond donors (Lipinski definition) is 1. The van der Waals surface area contributed by atoms with Crippen LogP contribution in [0.1, 0.15) is 35.0 Å². The fourth-order valence-corrected chi connectivity index (χ4v) is 3.80. The number of benzene rings is 2. The van der Waals surface area contributed by atoms with Gasteiger partial charge in [0.25, 0.3) is 0 Å². The molecule has 0 saturated carbocycles.